The van der Waals surface area contributed by atoms with E-state index in [1.807, 2.05) is 4.90 Å². The molecule has 2 aliphatic rings. The van der Waals surface area contributed by atoms with Crippen LogP contribution in [0, 0.1) is 11.8 Å². The van der Waals surface area contributed by atoms with Crippen LogP contribution in [0.2, 0.25) is 0 Å². The van der Waals surface area contributed by atoms with E-state index in [9.17, 15) is 4.79 Å². The Morgan fingerprint density at radius 3 is 2.77 bits per heavy atom. The number of carbonyl (C=O) groups excluding carboxylic acids is 1. The molecule has 0 radical (unpaired) electrons. The van der Waals surface area contributed by atoms with Crippen LogP contribution in [0.4, 0.5) is 4.79 Å². The highest BCUT2D eigenvalue weighted by Gasteiger charge is 2.40. The monoisotopic (exact) mass is 321 g/mol. The number of hydrogen-bond acceptors (Lipinski definition) is 3. The van der Waals surface area contributed by atoms with Crippen molar-refractivity contribution in [1.29, 1.82) is 0 Å². The second kappa shape index (κ2) is 7.01. The summed E-state index contributed by atoms with van der Waals surface area (Å²) in [6.07, 6.45) is 5.19. The lowest BCUT2D eigenvalue weighted by Crippen LogP contribution is -2.48. The molecule has 1 aromatic heterocycles. The number of amides is 2. The summed E-state index contributed by atoms with van der Waals surface area (Å²) >= 11 is 1.69. The van der Waals surface area contributed by atoms with Gasteiger partial charge in [-0.1, -0.05) is 6.42 Å². The summed E-state index contributed by atoms with van der Waals surface area (Å²) in [7, 11) is 4.10. The fourth-order valence-electron chi connectivity index (χ4n) is 3.85. The molecule has 1 N–H and O–H groups in total. The average molecular weight is 321 g/mol. The van der Waals surface area contributed by atoms with Crippen molar-refractivity contribution in [1.82, 2.24) is 15.1 Å². The minimum absolute atomic E-state index is 0.116. The Morgan fingerprint density at radius 1 is 1.32 bits per heavy atom. The van der Waals surface area contributed by atoms with Crippen molar-refractivity contribution in [3.8, 4) is 0 Å². The summed E-state index contributed by atoms with van der Waals surface area (Å²) in [5, 5.41) is 7.53. The maximum atomic E-state index is 12.7. The quantitative estimate of drug-likeness (QED) is 0.874. The number of nitrogens with zero attached hydrogens (tertiary/aromatic N) is 2. The zero-order chi connectivity index (χ0) is 15.5. The first-order chi connectivity index (χ1) is 10.6. The zero-order valence-electron chi connectivity index (χ0n) is 13.6. The Balaban J connectivity index is 1.58. The van der Waals surface area contributed by atoms with Crippen LogP contribution >= 0.6 is 11.3 Å². The van der Waals surface area contributed by atoms with E-state index in [1.165, 1.54) is 31.2 Å². The molecule has 122 valence electrons. The molecule has 0 aliphatic heterocycles. The topological polar surface area (TPSA) is 35.6 Å². The standard InChI is InChI=1S/C17H27N3OS/c1-19(2)6-7-20(11-14-5-8-22-12-14)17(21)18-16-10-13-3-4-15(16)9-13/h5,8,12-13,15-16H,3-4,6-7,9-11H2,1-2H3,(H,18,21)/t13-,15+,16-/m1/s1. The van der Waals surface area contributed by atoms with Crippen LogP contribution in [0.1, 0.15) is 31.2 Å². The molecule has 0 unspecified atom stereocenters. The SMILES string of the molecule is CN(C)CCN(Cc1ccsc1)C(=O)N[C@@H]1C[C@@H]2CC[C@H]1C2. The molecule has 0 saturated heterocycles. The molecule has 5 heteroatoms. The number of likely N-dealkylation sites (N-methyl/N-ethyl adjacent to an activating group) is 1. The first kappa shape index (κ1) is 15.8. The smallest absolute Gasteiger partial charge is 0.317 e. The summed E-state index contributed by atoms with van der Waals surface area (Å²) in [5.74, 6) is 1.59. The lowest BCUT2D eigenvalue weighted by atomic mass is 9.95. The molecule has 0 spiro atoms. The fraction of sp³-hybridized carbons (Fsp3) is 0.706. The maximum absolute atomic E-state index is 12.7. The number of rotatable bonds is 6. The first-order valence-electron chi connectivity index (χ1n) is 8.33. The Morgan fingerprint density at radius 2 is 2.18 bits per heavy atom. The summed E-state index contributed by atoms with van der Waals surface area (Å²) in [6.45, 7) is 2.38. The van der Waals surface area contributed by atoms with Crippen molar-refractivity contribution in [2.24, 2.45) is 11.8 Å². The molecule has 2 amide bonds. The van der Waals surface area contributed by atoms with E-state index in [2.05, 4.69) is 41.1 Å². The van der Waals surface area contributed by atoms with Gasteiger partial charge in [0.2, 0.25) is 0 Å². The maximum Gasteiger partial charge on any atom is 0.317 e. The molecule has 22 heavy (non-hydrogen) atoms. The van der Waals surface area contributed by atoms with Crippen LogP contribution < -0.4 is 5.32 Å². The van der Waals surface area contributed by atoms with Crippen LogP contribution in [-0.4, -0.2) is 49.1 Å². The molecule has 1 heterocycles. The lowest BCUT2D eigenvalue weighted by Gasteiger charge is -2.29. The van der Waals surface area contributed by atoms with Gasteiger partial charge in [-0.15, -0.1) is 0 Å². The predicted octanol–water partition coefficient (Wildman–Crippen LogP) is 3.01. The summed E-state index contributed by atoms with van der Waals surface area (Å²) in [5.41, 5.74) is 1.23. The zero-order valence-corrected chi connectivity index (χ0v) is 14.4. The normalized spacial score (nSPS) is 26.6. The minimum atomic E-state index is 0.116. The molecule has 2 fully saturated rings. The van der Waals surface area contributed by atoms with E-state index in [4.69, 9.17) is 0 Å². The van der Waals surface area contributed by atoms with Crippen LogP contribution in [0.25, 0.3) is 0 Å². The number of urea groups is 1. The minimum Gasteiger partial charge on any atom is -0.335 e. The second-order valence-corrected chi connectivity index (χ2v) is 7.87. The predicted molar refractivity (Wildman–Crippen MR) is 91.1 cm³/mol. The van der Waals surface area contributed by atoms with Crippen LogP contribution in [0.3, 0.4) is 0 Å². The Bertz CT molecular complexity index is 488. The summed E-state index contributed by atoms with van der Waals surface area (Å²) in [6, 6.07) is 2.64. The molecular weight excluding hydrogens is 294 g/mol. The number of thiophene rings is 1. The van der Waals surface area contributed by atoms with E-state index in [1.54, 1.807) is 11.3 Å². The van der Waals surface area contributed by atoms with E-state index in [0.717, 1.165) is 24.9 Å². The third-order valence-corrected chi connectivity index (χ3v) is 5.84. The fourth-order valence-corrected chi connectivity index (χ4v) is 4.51. The van der Waals surface area contributed by atoms with Crippen LogP contribution in [-0.2, 0) is 6.54 Å². The number of hydrogen-bond donors (Lipinski definition) is 1. The van der Waals surface area contributed by atoms with Crippen molar-refractivity contribution < 1.29 is 4.79 Å². The van der Waals surface area contributed by atoms with Gasteiger partial charge in [-0.25, -0.2) is 4.79 Å². The largest absolute Gasteiger partial charge is 0.335 e. The Kier molecular flexibility index (Phi) is 5.03. The van der Waals surface area contributed by atoms with Gasteiger partial charge >= 0.3 is 6.03 Å². The van der Waals surface area contributed by atoms with Crippen LogP contribution in [0.5, 0.6) is 0 Å². The highest BCUT2D eigenvalue weighted by molar-refractivity contribution is 7.07. The molecule has 4 nitrogen and oxygen atoms in total. The number of carbonyl (C=O) groups is 1. The van der Waals surface area contributed by atoms with Gasteiger partial charge in [-0.3, -0.25) is 0 Å². The molecule has 2 bridgehead atoms. The van der Waals surface area contributed by atoms with E-state index < -0.39 is 0 Å². The second-order valence-electron chi connectivity index (χ2n) is 7.09. The molecule has 3 atom stereocenters. The van der Waals surface area contributed by atoms with Gasteiger partial charge in [0.05, 0.1) is 0 Å². The van der Waals surface area contributed by atoms with Crippen molar-refractivity contribution >= 4 is 17.4 Å². The van der Waals surface area contributed by atoms with Gasteiger partial charge < -0.3 is 15.1 Å². The summed E-state index contributed by atoms with van der Waals surface area (Å²) < 4.78 is 0. The van der Waals surface area contributed by atoms with E-state index in [0.29, 0.717) is 12.6 Å². The molecular formula is C17H27N3OS. The molecule has 0 aromatic carbocycles. The third-order valence-electron chi connectivity index (χ3n) is 5.10. The van der Waals surface area contributed by atoms with Gasteiger partial charge in [0, 0.05) is 25.7 Å². The molecule has 2 aliphatic carbocycles. The number of nitrogens with one attached hydrogen (secondary N) is 1. The lowest BCUT2D eigenvalue weighted by molar-refractivity contribution is 0.180. The van der Waals surface area contributed by atoms with Crippen molar-refractivity contribution in [2.45, 2.75) is 38.3 Å². The van der Waals surface area contributed by atoms with E-state index >= 15 is 0 Å². The van der Waals surface area contributed by atoms with Crippen molar-refractivity contribution in [3.05, 3.63) is 22.4 Å². The Labute approximate surface area is 137 Å². The highest BCUT2D eigenvalue weighted by atomic mass is 32.1. The number of fused-ring (bicyclic) bond motifs is 2. The molecule has 1 aromatic rings. The highest BCUT2D eigenvalue weighted by Crippen LogP contribution is 2.44. The summed E-state index contributed by atoms with van der Waals surface area (Å²) in [4.78, 5) is 16.8. The molecule has 2 saturated carbocycles. The Hall–Kier alpha value is -1.07. The average Bonchev–Trinajstić information content (AvgIpc) is 3.20. The van der Waals surface area contributed by atoms with Gasteiger partial charge in [0.1, 0.15) is 0 Å². The third kappa shape index (κ3) is 3.82. The molecule has 3 rings (SSSR count). The van der Waals surface area contributed by atoms with Gasteiger partial charge in [0.25, 0.3) is 0 Å². The van der Waals surface area contributed by atoms with Gasteiger partial charge in [-0.2, -0.15) is 11.3 Å². The first-order valence-corrected chi connectivity index (χ1v) is 9.27. The van der Waals surface area contributed by atoms with Crippen molar-refractivity contribution in [2.75, 3.05) is 27.2 Å². The van der Waals surface area contributed by atoms with Gasteiger partial charge in [-0.05, 0) is 67.6 Å². The van der Waals surface area contributed by atoms with Crippen LogP contribution in [0.15, 0.2) is 16.8 Å². The van der Waals surface area contributed by atoms with Crippen molar-refractivity contribution in [3.63, 3.8) is 0 Å². The van der Waals surface area contributed by atoms with Gasteiger partial charge in [0.15, 0.2) is 0 Å². The van der Waals surface area contributed by atoms with E-state index in [-0.39, 0.29) is 6.03 Å².